The zero-order valence-corrected chi connectivity index (χ0v) is 18.4. The van der Waals surface area contributed by atoms with E-state index in [0.717, 1.165) is 11.1 Å². The fourth-order valence-corrected chi connectivity index (χ4v) is 3.52. The molecule has 2 aromatic carbocycles. The lowest BCUT2D eigenvalue weighted by Gasteiger charge is -2.30. The maximum atomic E-state index is 12.5. The Morgan fingerprint density at radius 1 is 1.10 bits per heavy atom. The van der Waals surface area contributed by atoms with Crippen molar-refractivity contribution in [1.29, 1.82) is 0 Å². The van der Waals surface area contributed by atoms with E-state index in [1.165, 1.54) is 5.56 Å². The zero-order valence-electron chi connectivity index (χ0n) is 17.6. The molecule has 1 aliphatic rings. The van der Waals surface area contributed by atoms with Gasteiger partial charge in [-0.05, 0) is 56.2 Å². The van der Waals surface area contributed by atoms with Crippen molar-refractivity contribution in [2.45, 2.75) is 33.4 Å². The number of thiocarbonyl (C=S) groups is 1. The van der Waals surface area contributed by atoms with Gasteiger partial charge in [0, 0.05) is 5.70 Å². The number of aryl methyl sites for hydroxylation is 1. The molecule has 0 saturated carbocycles. The highest BCUT2D eigenvalue weighted by Crippen LogP contribution is 2.35. The third kappa shape index (κ3) is 4.91. The molecule has 1 atom stereocenters. The molecule has 3 rings (SSSR count). The minimum Gasteiger partial charge on any atom is -0.493 e. The Hall–Kier alpha value is -3.06. The standard InChI is InChI=1S/C23H26N2O4S/c1-5-28-22(26)20-15(3)24-23(30)25-21(20)17-10-11-18(19(12-17)27-4)29-13-16-8-6-14(2)7-9-16/h6-12,21H,5,13H2,1-4H3,(H2,24,25,30). The number of hydrogen-bond donors (Lipinski definition) is 2. The predicted molar refractivity (Wildman–Crippen MR) is 119 cm³/mol. The van der Waals surface area contributed by atoms with Crippen LogP contribution in [0.15, 0.2) is 53.7 Å². The summed E-state index contributed by atoms with van der Waals surface area (Å²) in [7, 11) is 1.59. The quantitative estimate of drug-likeness (QED) is 0.513. The van der Waals surface area contributed by atoms with E-state index in [4.69, 9.17) is 26.4 Å². The number of rotatable bonds is 7. The molecule has 6 nitrogen and oxygen atoms in total. The second-order valence-electron chi connectivity index (χ2n) is 6.98. The third-order valence-corrected chi connectivity index (χ3v) is 5.02. The Morgan fingerprint density at radius 2 is 1.83 bits per heavy atom. The van der Waals surface area contributed by atoms with Crippen LogP contribution in [-0.4, -0.2) is 24.8 Å². The molecular formula is C23H26N2O4S. The van der Waals surface area contributed by atoms with Gasteiger partial charge in [-0.1, -0.05) is 35.9 Å². The second-order valence-corrected chi connectivity index (χ2v) is 7.38. The highest BCUT2D eigenvalue weighted by atomic mass is 32.1. The Labute approximate surface area is 182 Å². The summed E-state index contributed by atoms with van der Waals surface area (Å²) in [4.78, 5) is 12.5. The SMILES string of the molecule is CCOC(=O)C1=C(C)NC(=S)NC1c1ccc(OCc2ccc(C)cc2)c(OC)c1. The molecule has 2 aromatic rings. The normalized spacial score (nSPS) is 15.9. The van der Waals surface area contributed by atoms with Gasteiger partial charge in [-0.15, -0.1) is 0 Å². The Balaban J connectivity index is 1.86. The maximum absolute atomic E-state index is 12.5. The van der Waals surface area contributed by atoms with Crippen LogP contribution < -0.4 is 20.1 Å². The van der Waals surface area contributed by atoms with Gasteiger partial charge in [0.25, 0.3) is 0 Å². The molecule has 0 saturated heterocycles. The van der Waals surface area contributed by atoms with Crippen molar-refractivity contribution in [1.82, 2.24) is 10.6 Å². The van der Waals surface area contributed by atoms with Crippen LogP contribution in [0, 0.1) is 6.92 Å². The number of benzene rings is 2. The molecule has 0 aliphatic carbocycles. The first-order valence-electron chi connectivity index (χ1n) is 9.74. The maximum Gasteiger partial charge on any atom is 0.338 e. The molecule has 1 aliphatic heterocycles. The van der Waals surface area contributed by atoms with Crippen molar-refractivity contribution in [2.24, 2.45) is 0 Å². The number of esters is 1. The van der Waals surface area contributed by atoms with E-state index in [2.05, 4.69) is 22.8 Å². The molecule has 158 valence electrons. The van der Waals surface area contributed by atoms with Crippen LogP contribution in [-0.2, 0) is 16.1 Å². The van der Waals surface area contributed by atoms with Gasteiger partial charge in [0.05, 0.1) is 25.3 Å². The van der Waals surface area contributed by atoms with Gasteiger partial charge in [-0.2, -0.15) is 0 Å². The molecular weight excluding hydrogens is 400 g/mol. The van der Waals surface area contributed by atoms with Gasteiger partial charge in [0.2, 0.25) is 0 Å². The average molecular weight is 427 g/mol. The fraction of sp³-hybridized carbons (Fsp3) is 0.304. The van der Waals surface area contributed by atoms with Gasteiger partial charge < -0.3 is 24.8 Å². The summed E-state index contributed by atoms with van der Waals surface area (Å²) in [6.45, 7) is 6.36. The first kappa shape index (κ1) is 21.6. The van der Waals surface area contributed by atoms with Crippen molar-refractivity contribution >= 4 is 23.3 Å². The van der Waals surface area contributed by atoms with Gasteiger partial charge >= 0.3 is 5.97 Å². The summed E-state index contributed by atoms with van der Waals surface area (Å²) in [5, 5.41) is 6.59. The van der Waals surface area contributed by atoms with Gasteiger partial charge in [-0.25, -0.2) is 4.79 Å². The zero-order chi connectivity index (χ0) is 21.7. The predicted octanol–water partition coefficient (Wildman–Crippen LogP) is 3.94. The molecule has 0 spiro atoms. The average Bonchev–Trinajstić information content (AvgIpc) is 2.72. The van der Waals surface area contributed by atoms with E-state index in [1.54, 1.807) is 14.0 Å². The number of ether oxygens (including phenoxy) is 3. The van der Waals surface area contributed by atoms with E-state index < -0.39 is 6.04 Å². The lowest BCUT2D eigenvalue weighted by Crippen LogP contribution is -2.45. The van der Waals surface area contributed by atoms with Crippen LogP contribution in [0.5, 0.6) is 11.5 Å². The van der Waals surface area contributed by atoms with Gasteiger partial charge in [0.1, 0.15) is 6.61 Å². The summed E-state index contributed by atoms with van der Waals surface area (Å²) in [6, 6.07) is 13.3. The topological polar surface area (TPSA) is 68.8 Å². The van der Waals surface area contributed by atoms with Crippen molar-refractivity contribution < 1.29 is 19.0 Å². The molecule has 1 unspecified atom stereocenters. The van der Waals surface area contributed by atoms with Crippen LogP contribution in [0.4, 0.5) is 0 Å². The van der Waals surface area contributed by atoms with E-state index >= 15 is 0 Å². The summed E-state index contributed by atoms with van der Waals surface area (Å²) >= 11 is 5.29. The highest BCUT2D eigenvalue weighted by Gasteiger charge is 2.31. The fourth-order valence-electron chi connectivity index (χ4n) is 3.25. The summed E-state index contributed by atoms with van der Waals surface area (Å²) in [6.07, 6.45) is 0. The number of nitrogens with one attached hydrogen (secondary N) is 2. The highest BCUT2D eigenvalue weighted by molar-refractivity contribution is 7.80. The summed E-state index contributed by atoms with van der Waals surface area (Å²) in [5.74, 6) is 0.810. The lowest BCUT2D eigenvalue weighted by molar-refractivity contribution is -0.139. The van der Waals surface area contributed by atoms with Crippen LogP contribution >= 0.6 is 12.2 Å². The molecule has 30 heavy (non-hydrogen) atoms. The van der Waals surface area contributed by atoms with Crippen molar-refractivity contribution in [3.05, 3.63) is 70.4 Å². The van der Waals surface area contributed by atoms with E-state index in [-0.39, 0.29) is 5.97 Å². The second kappa shape index (κ2) is 9.63. The molecule has 7 heteroatoms. The minimum absolute atomic E-state index is 0.294. The molecule has 0 bridgehead atoms. The summed E-state index contributed by atoms with van der Waals surface area (Å²) in [5.41, 5.74) is 4.25. The Morgan fingerprint density at radius 3 is 2.50 bits per heavy atom. The van der Waals surface area contributed by atoms with Crippen LogP contribution in [0.3, 0.4) is 0 Å². The molecule has 0 radical (unpaired) electrons. The van der Waals surface area contributed by atoms with Crippen molar-refractivity contribution in [3.8, 4) is 11.5 Å². The molecule has 0 fully saturated rings. The van der Waals surface area contributed by atoms with E-state index in [9.17, 15) is 4.79 Å². The van der Waals surface area contributed by atoms with E-state index in [1.807, 2.05) is 44.2 Å². The Kier molecular flexibility index (Phi) is 6.95. The smallest absolute Gasteiger partial charge is 0.338 e. The first-order valence-corrected chi connectivity index (χ1v) is 10.2. The number of allylic oxidation sites excluding steroid dienone is 1. The van der Waals surface area contributed by atoms with Crippen molar-refractivity contribution in [2.75, 3.05) is 13.7 Å². The molecule has 0 amide bonds. The summed E-state index contributed by atoms with van der Waals surface area (Å²) < 4.78 is 16.8. The number of carbonyl (C=O) groups is 1. The lowest BCUT2D eigenvalue weighted by atomic mass is 9.95. The third-order valence-electron chi connectivity index (χ3n) is 4.80. The van der Waals surface area contributed by atoms with E-state index in [0.29, 0.717) is 41.1 Å². The van der Waals surface area contributed by atoms with Crippen LogP contribution in [0.2, 0.25) is 0 Å². The van der Waals surface area contributed by atoms with Crippen molar-refractivity contribution in [3.63, 3.8) is 0 Å². The largest absolute Gasteiger partial charge is 0.493 e. The van der Waals surface area contributed by atoms with Gasteiger partial charge in [0.15, 0.2) is 16.6 Å². The number of hydrogen-bond acceptors (Lipinski definition) is 5. The minimum atomic E-state index is -0.446. The monoisotopic (exact) mass is 426 g/mol. The molecule has 0 aromatic heterocycles. The first-order chi connectivity index (χ1) is 14.4. The number of methoxy groups -OCH3 is 1. The Bertz CT molecular complexity index is 970. The van der Waals surface area contributed by atoms with Gasteiger partial charge in [-0.3, -0.25) is 0 Å². The number of carbonyl (C=O) groups excluding carboxylic acids is 1. The van der Waals surface area contributed by atoms with Crippen LogP contribution in [0.25, 0.3) is 0 Å². The molecule has 2 N–H and O–H groups in total. The van der Waals surface area contributed by atoms with Crippen LogP contribution in [0.1, 0.15) is 36.6 Å². The molecule has 1 heterocycles.